The quantitative estimate of drug-likeness (QED) is 0.673. The molecule has 1 aliphatic heterocycles. The summed E-state index contributed by atoms with van der Waals surface area (Å²) in [5.41, 5.74) is 0.220. The molecule has 2 aliphatic carbocycles. The molecule has 2 saturated carbocycles. The molecule has 1 saturated heterocycles. The van der Waals surface area contributed by atoms with Crippen molar-refractivity contribution in [3.63, 3.8) is 0 Å². The number of carbonyl (C=O) groups excluding carboxylic acids is 2. The van der Waals surface area contributed by atoms with Crippen LogP contribution in [0.4, 0.5) is 0 Å². The van der Waals surface area contributed by atoms with Crippen LogP contribution in [0.5, 0.6) is 0 Å². The van der Waals surface area contributed by atoms with E-state index in [1.54, 1.807) is 11.8 Å². The molecule has 0 aromatic rings. The molecule has 7 heteroatoms. The molecule has 3 N–H and O–H groups in total. The molecule has 3 rings (SSSR count). The maximum Gasteiger partial charge on any atom is 0.217 e. The van der Waals surface area contributed by atoms with Gasteiger partial charge in [-0.1, -0.05) is 12.8 Å². The van der Waals surface area contributed by atoms with Gasteiger partial charge in [0.2, 0.25) is 5.91 Å². The average molecular weight is 370 g/mol. The van der Waals surface area contributed by atoms with Crippen LogP contribution in [-0.2, 0) is 9.59 Å². The number of thioether (sulfide) groups is 1. The van der Waals surface area contributed by atoms with E-state index < -0.39 is 6.10 Å². The Morgan fingerprint density at radius 3 is 2.72 bits per heavy atom. The second kappa shape index (κ2) is 8.37. The van der Waals surface area contributed by atoms with Crippen molar-refractivity contribution in [1.29, 1.82) is 0 Å². The molecule has 6 nitrogen and oxygen atoms in total. The van der Waals surface area contributed by atoms with Crippen molar-refractivity contribution in [2.45, 2.75) is 81.6 Å². The Bertz CT molecular complexity index is 504. The zero-order valence-electron chi connectivity index (χ0n) is 15.2. The predicted octanol–water partition coefficient (Wildman–Crippen LogP) is 1.08. The normalized spacial score (nSPS) is 39.0. The van der Waals surface area contributed by atoms with Gasteiger partial charge in [0.05, 0.1) is 17.9 Å². The van der Waals surface area contributed by atoms with Gasteiger partial charge in [0, 0.05) is 24.9 Å². The lowest BCUT2D eigenvalue weighted by atomic mass is 9.82. The minimum atomic E-state index is -0.536. The van der Waals surface area contributed by atoms with E-state index in [2.05, 4.69) is 22.6 Å². The average Bonchev–Trinajstić information content (AvgIpc) is 2.91. The fourth-order valence-electron chi connectivity index (χ4n) is 4.58. The minimum absolute atomic E-state index is 0.0539. The first-order valence-corrected chi connectivity index (χ1v) is 10.6. The third-order valence-electron chi connectivity index (χ3n) is 6.02. The number of aliphatic hydroxyl groups is 1. The molecule has 0 spiro atoms. The smallest absolute Gasteiger partial charge is 0.217 e. The molecule has 1 amide bonds. The molecule has 0 radical (unpaired) electrons. The Morgan fingerprint density at radius 1 is 1.24 bits per heavy atom. The van der Waals surface area contributed by atoms with E-state index >= 15 is 0 Å². The number of likely N-dealkylation sites (N-methyl/N-ethyl adjacent to an activating group) is 1. The molecule has 0 aromatic heterocycles. The van der Waals surface area contributed by atoms with Crippen molar-refractivity contribution in [3.05, 3.63) is 0 Å². The Kier molecular flexibility index (Phi) is 6.41. The molecule has 0 bridgehead atoms. The lowest BCUT2D eigenvalue weighted by molar-refractivity contribution is -0.125. The summed E-state index contributed by atoms with van der Waals surface area (Å²) in [6, 6.07) is 0.885. The summed E-state index contributed by atoms with van der Waals surface area (Å²) >= 11 is 1.69. The fourth-order valence-corrected chi connectivity index (χ4v) is 5.80. The summed E-state index contributed by atoms with van der Waals surface area (Å²) in [6.07, 6.45) is 6.40. The summed E-state index contributed by atoms with van der Waals surface area (Å²) in [6.45, 7) is 1.45. The molecule has 3 fully saturated rings. The van der Waals surface area contributed by atoms with Crippen LogP contribution in [-0.4, -0.2) is 64.2 Å². The van der Waals surface area contributed by atoms with E-state index in [9.17, 15) is 14.7 Å². The maximum atomic E-state index is 12.7. The molecule has 0 aromatic carbocycles. The fraction of sp³-hybridized carbons (Fsp3) is 0.889. The standard InChI is InChI=1S/C18H31N3O3S/c1-11(22)19-14-9-12(7-8-16(14)23)17(24)10-25-18-20-13-5-3-4-6-15(13)21(18)2/h12-16,18,20,23H,3-10H2,1-2H3,(H,19,22). The van der Waals surface area contributed by atoms with Gasteiger partial charge in [-0.25, -0.2) is 0 Å². The van der Waals surface area contributed by atoms with Gasteiger partial charge in [0.1, 0.15) is 11.3 Å². The summed E-state index contributed by atoms with van der Waals surface area (Å²) in [5.74, 6) is 0.541. The van der Waals surface area contributed by atoms with E-state index in [0.717, 1.165) is 6.42 Å². The molecule has 142 valence electrons. The van der Waals surface area contributed by atoms with Crippen LogP contribution >= 0.6 is 11.8 Å². The van der Waals surface area contributed by atoms with Crippen LogP contribution in [0, 0.1) is 5.92 Å². The first-order valence-electron chi connectivity index (χ1n) is 9.53. The highest BCUT2D eigenvalue weighted by molar-refractivity contribution is 8.00. The van der Waals surface area contributed by atoms with E-state index in [1.807, 2.05) is 0 Å². The molecule has 6 unspecified atom stereocenters. The van der Waals surface area contributed by atoms with Crippen molar-refractivity contribution in [1.82, 2.24) is 15.5 Å². The number of nitrogens with zero attached hydrogens (tertiary/aromatic N) is 1. The maximum absolute atomic E-state index is 12.7. The van der Waals surface area contributed by atoms with Crippen LogP contribution in [0.3, 0.4) is 0 Å². The number of fused-ring (bicyclic) bond motifs is 1. The summed E-state index contributed by atoms with van der Waals surface area (Å²) in [7, 11) is 2.16. The van der Waals surface area contributed by atoms with Crippen LogP contribution in [0.1, 0.15) is 51.9 Å². The molecular weight excluding hydrogens is 338 g/mol. The zero-order chi connectivity index (χ0) is 18.0. The molecule has 25 heavy (non-hydrogen) atoms. The predicted molar refractivity (Wildman–Crippen MR) is 99.1 cm³/mol. The summed E-state index contributed by atoms with van der Waals surface area (Å²) < 4.78 is 0. The number of rotatable bonds is 5. The van der Waals surface area contributed by atoms with Crippen LogP contribution in [0.25, 0.3) is 0 Å². The number of aliphatic hydroxyl groups excluding tert-OH is 1. The lowest BCUT2D eigenvalue weighted by Gasteiger charge is -2.33. The van der Waals surface area contributed by atoms with Gasteiger partial charge in [-0.15, -0.1) is 11.8 Å². The SMILES string of the molecule is CC(=O)NC1CC(C(=O)CSC2NC3CCCCC3N2C)CCC1O. The molecule has 3 aliphatic rings. The Balaban J connectivity index is 1.48. The van der Waals surface area contributed by atoms with E-state index in [1.165, 1.54) is 32.6 Å². The second-order valence-corrected chi connectivity index (χ2v) is 8.87. The monoisotopic (exact) mass is 369 g/mol. The Morgan fingerprint density at radius 2 is 2.00 bits per heavy atom. The van der Waals surface area contributed by atoms with E-state index in [-0.39, 0.29) is 29.1 Å². The van der Waals surface area contributed by atoms with Crippen molar-refractivity contribution >= 4 is 23.5 Å². The van der Waals surface area contributed by atoms with Gasteiger partial charge < -0.3 is 10.4 Å². The topological polar surface area (TPSA) is 81.7 Å². The number of hydrogen-bond donors (Lipinski definition) is 3. The Labute approximate surface area is 154 Å². The molecular formula is C18H31N3O3S. The third-order valence-corrected chi connectivity index (χ3v) is 7.26. The molecule has 1 heterocycles. The first-order chi connectivity index (χ1) is 12.0. The number of amides is 1. The van der Waals surface area contributed by atoms with Crippen molar-refractivity contribution in [3.8, 4) is 0 Å². The highest BCUT2D eigenvalue weighted by Crippen LogP contribution is 2.33. The molecule has 6 atom stereocenters. The van der Waals surface area contributed by atoms with E-state index in [0.29, 0.717) is 30.7 Å². The number of nitrogens with one attached hydrogen (secondary N) is 2. The van der Waals surface area contributed by atoms with Crippen molar-refractivity contribution < 1.29 is 14.7 Å². The van der Waals surface area contributed by atoms with Gasteiger partial charge in [-0.2, -0.15) is 0 Å². The van der Waals surface area contributed by atoms with Crippen molar-refractivity contribution in [2.24, 2.45) is 5.92 Å². The third kappa shape index (κ3) is 4.56. The number of ketones is 1. The summed E-state index contributed by atoms with van der Waals surface area (Å²) in [4.78, 5) is 26.3. The highest BCUT2D eigenvalue weighted by atomic mass is 32.2. The van der Waals surface area contributed by atoms with Crippen LogP contribution in [0.15, 0.2) is 0 Å². The summed E-state index contributed by atoms with van der Waals surface area (Å²) in [5, 5.41) is 16.5. The van der Waals surface area contributed by atoms with Gasteiger partial charge in [0.25, 0.3) is 0 Å². The minimum Gasteiger partial charge on any atom is -0.391 e. The highest BCUT2D eigenvalue weighted by Gasteiger charge is 2.40. The van der Waals surface area contributed by atoms with Crippen LogP contribution < -0.4 is 10.6 Å². The number of hydrogen-bond acceptors (Lipinski definition) is 6. The number of Topliss-reactive ketones (excluding diaryl/α,β-unsaturated/α-hetero) is 1. The van der Waals surface area contributed by atoms with Gasteiger partial charge >= 0.3 is 0 Å². The van der Waals surface area contributed by atoms with Crippen LogP contribution in [0.2, 0.25) is 0 Å². The van der Waals surface area contributed by atoms with Gasteiger partial charge in [-0.3, -0.25) is 19.8 Å². The van der Waals surface area contributed by atoms with E-state index in [4.69, 9.17) is 0 Å². The second-order valence-electron chi connectivity index (χ2n) is 7.80. The lowest BCUT2D eigenvalue weighted by Crippen LogP contribution is -2.47. The largest absolute Gasteiger partial charge is 0.391 e. The van der Waals surface area contributed by atoms with Gasteiger partial charge in [-0.05, 0) is 39.2 Å². The van der Waals surface area contributed by atoms with Gasteiger partial charge in [0.15, 0.2) is 0 Å². The number of carbonyl (C=O) groups is 2. The Hall–Kier alpha value is -0.630. The first kappa shape index (κ1) is 19.1. The zero-order valence-corrected chi connectivity index (χ0v) is 16.1. The van der Waals surface area contributed by atoms with Crippen molar-refractivity contribution in [2.75, 3.05) is 12.8 Å².